The number of likely N-dealkylation sites (N-methyl/N-ethyl adjacent to an activating group) is 1. The molecule has 8 nitrogen and oxygen atoms in total. The van der Waals surface area contributed by atoms with E-state index < -0.39 is 0 Å². The molecule has 2 aromatic heterocycles. The second-order valence-electron chi connectivity index (χ2n) is 8.90. The number of aromatic nitrogens is 4. The summed E-state index contributed by atoms with van der Waals surface area (Å²) in [6.45, 7) is 8.00. The van der Waals surface area contributed by atoms with Crippen molar-refractivity contribution >= 4 is 23.5 Å². The minimum absolute atomic E-state index is 0.0425. The smallest absolute Gasteiger partial charge is 0.233 e. The van der Waals surface area contributed by atoms with Gasteiger partial charge in [-0.25, -0.2) is 4.98 Å². The van der Waals surface area contributed by atoms with Gasteiger partial charge in [0, 0.05) is 50.8 Å². The lowest BCUT2D eigenvalue weighted by Crippen LogP contribution is -2.45. The normalized spacial score (nSPS) is 14.5. The first-order valence-corrected chi connectivity index (χ1v) is 11.4. The van der Waals surface area contributed by atoms with Crippen LogP contribution in [-0.4, -0.2) is 63.8 Å². The van der Waals surface area contributed by atoms with Crippen LogP contribution in [0.3, 0.4) is 0 Å². The molecule has 0 saturated carbocycles. The van der Waals surface area contributed by atoms with Crippen LogP contribution in [0.1, 0.15) is 35.6 Å². The van der Waals surface area contributed by atoms with E-state index in [9.17, 15) is 4.79 Å². The quantitative estimate of drug-likeness (QED) is 0.528. The van der Waals surface area contributed by atoms with Crippen molar-refractivity contribution in [3.05, 3.63) is 65.6 Å². The lowest BCUT2D eigenvalue weighted by atomic mass is 10.0. The molecule has 0 amide bonds. The van der Waals surface area contributed by atoms with Crippen molar-refractivity contribution in [1.82, 2.24) is 24.8 Å². The van der Waals surface area contributed by atoms with E-state index in [1.165, 1.54) is 0 Å². The third-order valence-corrected chi connectivity index (χ3v) is 5.58. The molecule has 172 valence electrons. The first kappa shape index (κ1) is 22.8. The first-order valence-electron chi connectivity index (χ1n) is 11.4. The van der Waals surface area contributed by atoms with Crippen molar-refractivity contribution in [1.29, 1.82) is 0 Å². The molecule has 8 heteroatoms. The van der Waals surface area contributed by atoms with E-state index in [-0.39, 0.29) is 5.78 Å². The molecular formula is C25H31N7O. The number of piperazine rings is 1. The number of hydrogen-bond donors (Lipinski definition) is 1. The van der Waals surface area contributed by atoms with Crippen LogP contribution in [-0.2, 0) is 12.8 Å². The third kappa shape index (κ3) is 6.32. The Balaban J connectivity index is 1.54. The predicted molar refractivity (Wildman–Crippen MR) is 130 cm³/mol. The van der Waals surface area contributed by atoms with Crippen LogP contribution in [0.25, 0.3) is 0 Å². The summed E-state index contributed by atoms with van der Waals surface area (Å²) in [7, 11) is 2.12. The van der Waals surface area contributed by atoms with E-state index in [4.69, 9.17) is 4.98 Å². The zero-order valence-corrected chi connectivity index (χ0v) is 19.5. The average molecular weight is 446 g/mol. The van der Waals surface area contributed by atoms with E-state index in [0.717, 1.165) is 44.0 Å². The molecule has 0 unspecified atom stereocenters. The Hall–Kier alpha value is -3.39. The number of ketones is 1. The molecule has 1 fully saturated rings. The lowest BCUT2D eigenvalue weighted by Gasteiger charge is -2.32. The van der Waals surface area contributed by atoms with Crippen molar-refractivity contribution in [3.63, 3.8) is 0 Å². The maximum atomic E-state index is 12.8. The van der Waals surface area contributed by atoms with Crippen LogP contribution in [0, 0.1) is 5.92 Å². The van der Waals surface area contributed by atoms with E-state index in [0.29, 0.717) is 35.6 Å². The molecule has 0 bridgehead atoms. The number of nitrogens with zero attached hydrogens (tertiary/aromatic N) is 6. The highest BCUT2D eigenvalue weighted by Gasteiger charge is 2.19. The van der Waals surface area contributed by atoms with Crippen molar-refractivity contribution in [2.45, 2.75) is 26.7 Å². The Morgan fingerprint density at radius 3 is 2.52 bits per heavy atom. The van der Waals surface area contributed by atoms with Crippen molar-refractivity contribution in [2.24, 2.45) is 5.92 Å². The molecule has 1 aliphatic heterocycles. The largest absolute Gasteiger partial charge is 0.338 e. The monoisotopic (exact) mass is 445 g/mol. The summed E-state index contributed by atoms with van der Waals surface area (Å²) in [6.07, 6.45) is 2.75. The van der Waals surface area contributed by atoms with Gasteiger partial charge in [-0.15, -0.1) is 0 Å². The van der Waals surface area contributed by atoms with Gasteiger partial charge >= 0.3 is 0 Å². The first-order chi connectivity index (χ1) is 16.0. The van der Waals surface area contributed by atoms with Crippen molar-refractivity contribution < 1.29 is 4.79 Å². The molecule has 3 aromatic rings. The zero-order chi connectivity index (χ0) is 23.2. The van der Waals surface area contributed by atoms with Gasteiger partial charge in [-0.1, -0.05) is 44.2 Å². The zero-order valence-electron chi connectivity index (χ0n) is 19.5. The molecular weight excluding hydrogens is 414 g/mol. The van der Waals surface area contributed by atoms with Gasteiger partial charge in [0.15, 0.2) is 5.78 Å². The van der Waals surface area contributed by atoms with Gasteiger partial charge in [0.05, 0.1) is 0 Å². The number of pyridine rings is 1. The summed E-state index contributed by atoms with van der Waals surface area (Å²) in [5, 5.41) is 3.20. The summed E-state index contributed by atoms with van der Waals surface area (Å²) < 4.78 is 0. The Bertz CT molecular complexity index is 1080. The lowest BCUT2D eigenvalue weighted by molar-refractivity contribution is 0.0993. The number of hydrogen-bond acceptors (Lipinski definition) is 8. The fourth-order valence-electron chi connectivity index (χ4n) is 3.74. The van der Waals surface area contributed by atoms with Crippen LogP contribution in [0.15, 0.2) is 48.7 Å². The van der Waals surface area contributed by atoms with Crippen LogP contribution in [0.4, 0.5) is 17.7 Å². The van der Waals surface area contributed by atoms with Gasteiger partial charge in [0.2, 0.25) is 11.9 Å². The SMILES string of the molecule is CC(C)Cc1nc(Nc2cc(C(=O)Cc3ccccc3)ccn2)nc(N2CCN(C)CC2)n1. The molecule has 0 spiro atoms. The minimum atomic E-state index is 0.0425. The van der Waals surface area contributed by atoms with Gasteiger partial charge in [0.25, 0.3) is 0 Å². The number of rotatable bonds is 8. The molecule has 0 radical (unpaired) electrons. The Labute approximate surface area is 195 Å². The van der Waals surface area contributed by atoms with E-state index in [1.807, 2.05) is 30.3 Å². The summed E-state index contributed by atoms with van der Waals surface area (Å²) >= 11 is 0. The van der Waals surface area contributed by atoms with Gasteiger partial charge in [-0.05, 0) is 30.7 Å². The molecule has 1 saturated heterocycles. The summed E-state index contributed by atoms with van der Waals surface area (Å²) in [4.78, 5) is 35.7. The molecule has 33 heavy (non-hydrogen) atoms. The van der Waals surface area contributed by atoms with Gasteiger partial charge in [-0.3, -0.25) is 4.79 Å². The fraction of sp³-hybridized carbons (Fsp3) is 0.400. The Morgan fingerprint density at radius 1 is 1.03 bits per heavy atom. The van der Waals surface area contributed by atoms with E-state index in [2.05, 4.69) is 51.0 Å². The highest BCUT2D eigenvalue weighted by atomic mass is 16.1. The molecule has 1 N–H and O–H groups in total. The predicted octanol–water partition coefficient (Wildman–Crippen LogP) is 3.39. The third-order valence-electron chi connectivity index (χ3n) is 5.58. The molecule has 0 aliphatic carbocycles. The second-order valence-corrected chi connectivity index (χ2v) is 8.90. The maximum absolute atomic E-state index is 12.8. The van der Waals surface area contributed by atoms with Gasteiger partial charge in [-0.2, -0.15) is 15.0 Å². The topological polar surface area (TPSA) is 87.1 Å². The molecule has 1 aromatic carbocycles. The standard InChI is InChI=1S/C25H31N7O/c1-18(2)15-23-28-24(30-25(29-23)32-13-11-31(3)12-14-32)27-22-17-20(9-10-26-22)21(33)16-19-7-5-4-6-8-19/h4-10,17-18H,11-16H2,1-3H3,(H,26,27,28,29,30). The van der Waals surface area contributed by atoms with Gasteiger partial charge < -0.3 is 15.1 Å². The van der Waals surface area contributed by atoms with Crippen LogP contribution < -0.4 is 10.2 Å². The molecule has 0 atom stereocenters. The number of Topliss-reactive ketones (excluding diaryl/α,β-unsaturated/α-hetero) is 1. The fourth-order valence-corrected chi connectivity index (χ4v) is 3.74. The molecule has 3 heterocycles. The Kier molecular flexibility index (Phi) is 7.24. The average Bonchev–Trinajstić information content (AvgIpc) is 2.80. The number of carbonyl (C=O) groups excluding carboxylic acids is 1. The van der Waals surface area contributed by atoms with Crippen molar-refractivity contribution in [3.8, 4) is 0 Å². The van der Waals surface area contributed by atoms with Crippen LogP contribution in [0.2, 0.25) is 0 Å². The number of anilines is 3. The summed E-state index contributed by atoms with van der Waals surface area (Å²) in [5.41, 5.74) is 1.59. The number of carbonyl (C=O) groups is 1. The van der Waals surface area contributed by atoms with Crippen LogP contribution in [0.5, 0.6) is 0 Å². The summed E-state index contributed by atoms with van der Waals surface area (Å²) in [5.74, 6) is 2.91. The second kappa shape index (κ2) is 10.5. The minimum Gasteiger partial charge on any atom is -0.338 e. The van der Waals surface area contributed by atoms with Crippen molar-refractivity contribution in [2.75, 3.05) is 43.4 Å². The highest BCUT2D eigenvalue weighted by Crippen LogP contribution is 2.19. The molecule has 4 rings (SSSR count). The van der Waals surface area contributed by atoms with E-state index in [1.54, 1.807) is 18.3 Å². The van der Waals surface area contributed by atoms with Gasteiger partial charge in [0.1, 0.15) is 11.6 Å². The highest BCUT2D eigenvalue weighted by molar-refractivity contribution is 5.98. The van der Waals surface area contributed by atoms with E-state index >= 15 is 0 Å². The molecule has 1 aliphatic rings. The Morgan fingerprint density at radius 2 is 1.79 bits per heavy atom. The summed E-state index contributed by atoms with van der Waals surface area (Å²) in [6, 6.07) is 13.2. The number of benzene rings is 1. The maximum Gasteiger partial charge on any atom is 0.233 e. The van der Waals surface area contributed by atoms with Crippen LogP contribution >= 0.6 is 0 Å². The number of nitrogens with one attached hydrogen (secondary N) is 1.